The summed E-state index contributed by atoms with van der Waals surface area (Å²) in [5, 5.41) is 15.0. The Morgan fingerprint density at radius 2 is 2.00 bits per heavy atom. The van der Waals surface area contributed by atoms with E-state index >= 15 is 0 Å². The van der Waals surface area contributed by atoms with E-state index in [0.29, 0.717) is 5.92 Å². The molecule has 2 unspecified atom stereocenters. The molecular weight excluding hydrogens is 236 g/mol. The Balaban J connectivity index is 2.68. The molecule has 0 aliphatic carbocycles. The molecule has 19 heavy (non-hydrogen) atoms. The van der Waals surface area contributed by atoms with Crippen LogP contribution in [0.15, 0.2) is 6.07 Å². The lowest BCUT2D eigenvalue weighted by Crippen LogP contribution is -2.24. The van der Waals surface area contributed by atoms with Crippen LogP contribution in [0.1, 0.15) is 64.8 Å². The van der Waals surface area contributed by atoms with Crippen molar-refractivity contribution in [2.45, 2.75) is 78.9 Å². The molecule has 1 heterocycles. The number of hydrogen-bond acceptors (Lipinski definition) is 2. The molecule has 1 N–H and O–H groups in total. The van der Waals surface area contributed by atoms with E-state index in [1.165, 1.54) is 18.5 Å². The largest absolute Gasteiger partial charge is 0.392 e. The minimum Gasteiger partial charge on any atom is -0.392 e. The summed E-state index contributed by atoms with van der Waals surface area (Å²) < 4.78 is 2.04. The first-order valence-corrected chi connectivity index (χ1v) is 7.89. The third kappa shape index (κ3) is 4.64. The smallest absolute Gasteiger partial charge is 0.0624 e. The van der Waals surface area contributed by atoms with Gasteiger partial charge >= 0.3 is 0 Å². The van der Waals surface area contributed by atoms with E-state index in [0.717, 1.165) is 37.9 Å². The van der Waals surface area contributed by atoms with Crippen molar-refractivity contribution in [3.8, 4) is 0 Å². The Hall–Kier alpha value is -0.830. The minimum absolute atomic E-state index is 0.233. The van der Waals surface area contributed by atoms with Crippen LogP contribution in [0.25, 0.3) is 0 Å². The molecule has 0 aliphatic rings. The standard InChI is InChI=1S/C16H30N2O/c1-5-9-10-13(6-2)16(19)12-15-11-14(7-3)17-18(15)8-4/h11,13,16,19H,5-10,12H2,1-4H3. The van der Waals surface area contributed by atoms with E-state index in [-0.39, 0.29) is 6.10 Å². The Kier molecular flexibility index (Phi) is 7.14. The molecule has 0 saturated carbocycles. The first-order chi connectivity index (χ1) is 9.15. The highest BCUT2D eigenvalue weighted by Gasteiger charge is 2.19. The Morgan fingerprint density at radius 3 is 2.53 bits per heavy atom. The van der Waals surface area contributed by atoms with Gasteiger partial charge in [0.15, 0.2) is 0 Å². The molecule has 0 fully saturated rings. The van der Waals surface area contributed by atoms with Crippen LogP contribution in [0.3, 0.4) is 0 Å². The van der Waals surface area contributed by atoms with Gasteiger partial charge < -0.3 is 5.11 Å². The van der Waals surface area contributed by atoms with Crippen LogP contribution in [0.4, 0.5) is 0 Å². The van der Waals surface area contributed by atoms with E-state index in [1.807, 2.05) is 4.68 Å². The highest BCUT2D eigenvalue weighted by atomic mass is 16.3. The molecule has 0 spiro atoms. The van der Waals surface area contributed by atoms with Gasteiger partial charge in [0.25, 0.3) is 0 Å². The highest BCUT2D eigenvalue weighted by molar-refractivity contribution is 5.11. The zero-order valence-electron chi connectivity index (χ0n) is 13.0. The van der Waals surface area contributed by atoms with Gasteiger partial charge in [0, 0.05) is 18.7 Å². The average Bonchev–Trinajstić information content (AvgIpc) is 2.81. The lowest BCUT2D eigenvalue weighted by molar-refractivity contribution is 0.0967. The van der Waals surface area contributed by atoms with Gasteiger partial charge in [-0.05, 0) is 31.7 Å². The van der Waals surface area contributed by atoms with E-state index in [4.69, 9.17) is 0 Å². The predicted molar refractivity (Wildman–Crippen MR) is 80.3 cm³/mol. The van der Waals surface area contributed by atoms with E-state index in [2.05, 4.69) is 38.9 Å². The molecule has 0 saturated heterocycles. The average molecular weight is 266 g/mol. The van der Waals surface area contributed by atoms with E-state index in [1.54, 1.807) is 0 Å². The summed E-state index contributed by atoms with van der Waals surface area (Å²) in [4.78, 5) is 0. The molecule has 1 aromatic heterocycles. The maximum Gasteiger partial charge on any atom is 0.0624 e. The second-order valence-corrected chi connectivity index (χ2v) is 5.38. The summed E-state index contributed by atoms with van der Waals surface area (Å²) in [7, 11) is 0. The van der Waals surface area contributed by atoms with Crippen molar-refractivity contribution in [1.82, 2.24) is 9.78 Å². The van der Waals surface area contributed by atoms with Crippen molar-refractivity contribution >= 4 is 0 Å². The normalized spacial score (nSPS) is 14.6. The van der Waals surface area contributed by atoms with Crippen molar-refractivity contribution < 1.29 is 5.11 Å². The van der Waals surface area contributed by atoms with Crippen molar-refractivity contribution in [2.75, 3.05) is 0 Å². The molecule has 1 rings (SSSR count). The minimum atomic E-state index is -0.233. The number of hydrogen-bond donors (Lipinski definition) is 1. The van der Waals surface area contributed by atoms with Crippen molar-refractivity contribution in [1.29, 1.82) is 0 Å². The highest BCUT2D eigenvalue weighted by Crippen LogP contribution is 2.20. The van der Waals surface area contributed by atoms with E-state index < -0.39 is 0 Å². The first kappa shape index (κ1) is 16.2. The van der Waals surface area contributed by atoms with Gasteiger partial charge in [0.2, 0.25) is 0 Å². The fourth-order valence-corrected chi connectivity index (χ4v) is 2.64. The van der Waals surface area contributed by atoms with Crippen molar-refractivity contribution in [2.24, 2.45) is 5.92 Å². The quantitative estimate of drug-likeness (QED) is 0.742. The molecule has 110 valence electrons. The molecule has 1 aromatic rings. The molecule has 3 heteroatoms. The van der Waals surface area contributed by atoms with Gasteiger partial charge in [-0.2, -0.15) is 5.10 Å². The Bertz CT molecular complexity index is 360. The molecular formula is C16H30N2O. The number of unbranched alkanes of at least 4 members (excludes halogenated alkanes) is 1. The van der Waals surface area contributed by atoms with Crippen LogP contribution in [-0.4, -0.2) is 21.0 Å². The SMILES string of the molecule is CCCCC(CC)C(O)Cc1cc(CC)nn1CC. The number of aliphatic hydroxyl groups is 1. The molecule has 0 bridgehead atoms. The van der Waals surface area contributed by atoms with Gasteiger partial charge in [-0.15, -0.1) is 0 Å². The van der Waals surface area contributed by atoms with Crippen LogP contribution in [0, 0.1) is 5.92 Å². The number of nitrogens with zero attached hydrogens (tertiary/aromatic N) is 2. The molecule has 0 amide bonds. The molecule has 0 aliphatic heterocycles. The predicted octanol–water partition coefficient (Wildman–Crippen LogP) is 3.59. The zero-order valence-corrected chi connectivity index (χ0v) is 13.0. The summed E-state index contributed by atoms with van der Waals surface area (Å²) in [6.07, 6.45) is 6.07. The molecule has 0 radical (unpaired) electrons. The van der Waals surface area contributed by atoms with Crippen molar-refractivity contribution in [3.63, 3.8) is 0 Å². The first-order valence-electron chi connectivity index (χ1n) is 7.89. The fourth-order valence-electron chi connectivity index (χ4n) is 2.64. The number of aromatic nitrogens is 2. The summed E-state index contributed by atoms with van der Waals surface area (Å²) in [5.74, 6) is 0.422. The van der Waals surface area contributed by atoms with Gasteiger partial charge in [-0.1, -0.05) is 40.0 Å². The van der Waals surface area contributed by atoms with Crippen LogP contribution >= 0.6 is 0 Å². The third-order valence-electron chi connectivity index (χ3n) is 3.99. The second kappa shape index (κ2) is 8.36. The zero-order chi connectivity index (χ0) is 14.3. The van der Waals surface area contributed by atoms with Crippen LogP contribution in [0.2, 0.25) is 0 Å². The molecule has 3 nitrogen and oxygen atoms in total. The van der Waals surface area contributed by atoms with Crippen molar-refractivity contribution in [3.05, 3.63) is 17.5 Å². The van der Waals surface area contributed by atoms with Gasteiger partial charge in [0.1, 0.15) is 0 Å². The van der Waals surface area contributed by atoms with Gasteiger partial charge in [-0.3, -0.25) is 4.68 Å². The van der Waals surface area contributed by atoms with Crippen LogP contribution in [0.5, 0.6) is 0 Å². The lowest BCUT2D eigenvalue weighted by atomic mass is 9.91. The maximum atomic E-state index is 10.4. The number of aliphatic hydroxyl groups excluding tert-OH is 1. The monoisotopic (exact) mass is 266 g/mol. The van der Waals surface area contributed by atoms with Gasteiger partial charge in [-0.25, -0.2) is 0 Å². The number of rotatable bonds is 9. The lowest BCUT2D eigenvalue weighted by Gasteiger charge is -2.21. The molecule has 2 atom stereocenters. The van der Waals surface area contributed by atoms with Crippen LogP contribution < -0.4 is 0 Å². The Morgan fingerprint density at radius 1 is 1.26 bits per heavy atom. The van der Waals surface area contributed by atoms with Gasteiger partial charge in [0.05, 0.1) is 11.8 Å². The summed E-state index contributed by atoms with van der Waals surface area (Å²) in [6, 6.07) is 2.15. The Labute approximate surface area is 118 Å². The fraction of sp³-hybridized carbons (Fsp3) is 0.812. The summed E-state index contributed by atoms with van der Waals surface area (Å²) in [5.41, 5.74) is 2.31. The van der Waals surface area contributed by atoms with Crippen LogP contribution in [-0.2, 0) is 19.4 Å². The topological polar surface area (TPSA) is 38.1 Å². The molecule has 0 aromatic carbocycles. The third-order valence-corrected chi connectivity index (χ3v) is 3.99. The number of aryl methyl sites for hydroxylation is 2. The maximum absolute atomic E-state index is 10.4. The summed E-state index contributed by atoms with van der Waals surface area (Å²) in [6.45, 7) is 9.50. The second-order valence-electron chi connectivity index (χ2n) is 5.38. The van der Waals surface area contributed by atoms with E-state index in [9.17, 15) is 5.11 Å². The summed E-state index contributed by atoms with van der Waals surface area (Å²) >= 11 is 0.